The first-order valence-electron chi connectivity index (χ1n) is 8.89. The van der Waals surface area contributed by atoms with Gasteiger partial charge in [-0.05, 0) is 18.4 Å². The molecule has 0 aromatic heterocycles. The Balaban J connectivity index is 2.23. The number of benzene rings is 1. The summed E-state index contributed by atoms with van der Waals surface area (Å²) < 4.78 is 0. The van der Waals surface area contributed by atoms with Gasteiger partial charge in [0.05, 0.1) is 0 Å². The molecule has 1 aromatic carbocycles. The molecule has 0 saturated heterocycles. The molecule has 130 valence electrons. The Morgan fingerprint density at radius 2 is 1.78 bits per heavy atom. The summed E-state index contributed by atoms with van der Waals surface area (Å²) in [5, 5.41) is 12.4. The minimum absolute atomic E-state index is 0.0659. The fraction of sp³-hybridized carbons (Fsp3) is 0.632. The molecule has 4 heteroatoms. The molecule has 0 aliphatic carbocycles. The van der Waals surface area contributed by atoms with Crippen LogP contribution in [0, 0.1) is 0 Å². The second-order valence-corrected chi connectivity index (χ2v) is 6.31. The highest BCUT2D eigenvalue weighted by molar-refractivity contribution is 5.73. The molecule has 0 heterocycles. The predicted octanol–water partition coefficient (Wildman–Crippen LogP) is 3.35. The van der Waals surface area contributed by atoms with E-state index in [1.165, 1.54) is 31.2 Å². The minimum Gasteiger partial charge on any atom is -0.480 e. The smallest absolute Gasteiger partial charge is 0.320 e. The first-order chi connectivity index (χ1) is 11.1. The Bertz CT molecular complexity index is 423. The summed E-state index contributed by atoms with van der Waals surface area (Å²) in [4.78, 5) is 11.3. The van der Waals surface area contributed by atoms with Gasteiger partial charge in [0.2, 0.25) is 0 Å². The highest BCUT2D eigenvalue weighted by atomic mass is 16.4. The summed E-state index contributed by atoms with van der Waals surface area (Å²) in [5.41, 5.74) is 7.29. The van der Waals surface area contributed by atoms with E-state index in [9.17, 15) is 9.90 Å². The average molecular weight is 320 g/mol. The van der Waals surface area contributed by atoms with Gasteiger partial charge in [-0.3, -0.25) is 4.79 Å². The van der Waals surface area contributed by atoms with Gasteiger partial charge in [-0.15, -0.1) is 0 Å². The summed E-state index contributed by atoms with van der Waals surface area (Å²) in [6, 6.07) is 9.51. The first kappa shape index (κ1) is 19.7. The molecule has 0 fully saturated rings. The summed E-state index contributed by atoms with van der Waals surface area (Å²) in [6.07, 6.45) is 8.48. The van der Waals surface area contributed by atoms with E-state index >= 15 is 0 Å². The van der Waals surface area contributed by atoms with Crippen LogP contribution in [0.2, 0.25) is 0 Å². The first-order valence-corrected chi connectivity index (χ1v) is 8.89. The zero-order chi connectivity index (χ0) is 16.9. The molecule has 0 aliphatic rings. The van der Waals surface area contributed by atoms with Gasteiger partial charge in [0.15, 0.2) is 0 Å². The van der Waals surface area contributed by atoms with Crippen LogP contribution < -0.4 is 11.1 Å². The molecular formula is C19H32N2O2. The van der Waals surface area contributed by atoms with Crippen molar-refractivity contribution in [1.29, 1.82) is 0 Å². The summed E-state index contributed by atoms with van der Waals surface area (Å²) in [7, 11) is 0. The SMILES string of the molecule is CCCCCCCCC(NCC(N)Cc1ccccc1)C(=O)O. The van der Waals surface area contributed by atoms with E-state index in [0.29, 0.717) is 13.0 Å². The molecule has 4 nitrogen and oxygen atoms in total. The van der Waals surface area contributed by atoms with E-state index < -0.39 is 12.0 Å². The third-order valence-electron chi connectivity index (χ3n) is 4.11. The van der Waals surface area contributed by atoms with E-state index in [1.54, 1.807) is 0 Å². The van der Waals surface area contributed by atoms with Crippen LogP contribution in [0.5, 0.6) is 0 Å². The zero-order valence-electron chi connectivity index (χ0n) is 14.3. The van der Waals surface area contributed by atoms with Gasteiger partial charge >= 0.3 is 5.97 Å². The lowest BCUT2D eigenvalue weighted by molar-refractivity contribution is -0.139. The van der Waals surface area contributed by atoms with Crippen molar-refractivity contribution in [2.75, 3.05) is 6.54 Å². The zero-order valence-corrected chi connectivity index (χ0v) is 14.3. The number of nitrogens with two attached hydrogens (primary N) is 1. The third-order valence-corrected chi connectivity index (χ3v) is 4.11. The largest absolute Gasteiger partial charge is 0.480 e. The normalized spacial score (nSPS) is 13.7. The van der Waals surface area contributed by atoms with Crippen LogP contribution in [0.4, 0.5) is 0 Å². The number of carboxylic acids is 1. The lowest BCUT2D eigenvalue weighted by atomic mass is 10.0. The van der Waals surface area contributed by atoms with Gasteiger partial charge in [-0.2, -0.15) is 0 Å². The van der Waals surface area contributed by atoms with E-state index in [2.05, 4.69) is 12.2 Å². The number of hydrogen-bond acceptors (Lipinski definition) is 3. The molecule has 2 atom stereocenters. The van der Waals surface area contributed by atoms with Crippen molar-refractivity contribution in [2.45, 2.75) is 70.4 Å². The quantitative estimate of drug-likeness (QED) is 0.487. The average Bonchev–Trinajstić information content (AvgIpc) is 2.54. The Kier molecular flexibility index (Phi) is 10.3. The molecule has 1 aromatic rings. The van der Waals surface area contributed by atoms with Gasteiger partial charge in [-0.1, -0.05) is 75.8 Å². The maximum atomic E-state index is 11.3. The number of carboxylic acid groups (broad SMARTS) is 1. The maximum absolute atomic E-state index is 11.3. The van der Waals surface area contributed by atoms with Crippen molar-refractivity contribution in [3.8, 4) is 0 Å². The van der Waals surface area contributed by atoms with Crippen molar-refractivity contribution in [3.63, 3.8) is 0 Å². The van der Waals surface area contributed by atoms with Gasteiger partial charge < -0.3 is 16.2 Å². The van der Waals surface area contributed by atoms with E-state index in [0.717, 1.165) is 19.3 Å². The molecule has 0 bridgehead atoms. The standard InChI is InChI=1S/C19H32N2O2/c1-2-3-4-5-6-10-13-18(19(22)23)21-15-17(20)14-16-11-8-7-9-12-16/h7-9,11-12,17-18,21H,2-6,10,13-15,20H2,1H3,(H,22,23). The molecule has 0 aliphatic heterocycles. The molecule has 0 spiro atoms. The fourth-order valence-corrected chi connectivity index (χ4v) is 2.72. The topological polar surface area (TPSA) is 75.3 Å². The second kappa shape index (κ2) is 12.1. The molecule has 4 N–H and O–H groups in total. The second-order valence-electron chi connectivity index (χ2n) is 6.31. The molecule has 23 heavy (non-hydrogen) atoms. The molecule has 0 radical (unpaired) electrons. The Morgan fingerprint density at radius 1 is 1.13 bits per heavy atom. The van der Waals surface area contributed by atoms with Gasteiger partial charge in [0.1, 0.15) is 6.04 Å². The minimum atomic E-state index is -0.773. The van der Waals surface area contributed by atoms with Crippen molar-refractivity contribution >= 4 is 5.97 Å². The maximum Gasteiger partial charge on any atom is 0.320 e. The van der Waals surface area contributed by atoms with Crippen molar-refractivity contribution in [2.24, 2.45) is 5.73 Å². The number of unbranched alkanes of at least 4 members (excludes halogenated alkanes) is 5. The molecular weight excluding hydrogens is 288 g/mol. The van der Waals surface area contributed by atoms with Gasteiger partial charge in [-0.25, -0.2) is 0 Å². The molecule has 0 amide bonds. The number of rotatable bonds is 13. The Hall–Kier alpha value is -1.39. The van der Waals surface area contributed by atoms with Crippen molar-refractivity contribution in [3.05, 3.63) is 35.9 Å². The number of nitrogens with one attached hydrogen (secondary N) is 1. The molecule has 2 unspecified atom stereocenters. The van der Waals surface area contributed by atoms with Crippen molar-refractivity contribution in [1.82, 2.24) is 5.32 Å². The Morgan fingerprint density at radius 3 is 2.43 bits per heavy atom. The lowest BCUT2D eigenvalue weighted by Crippen LogP contribution is -2.44. The van der Waals surface area contributed by atoms with Crippen LogP contribution in [0.15, 0.2) is 30.3 Å². The van der Waals surface area contributed by atoms with Crippen LogP contribution in [0.25, 0.3) is 0 Å². The number of hydrogen-bond donors (Lipinski definition) is 3. The molecule has 1 rings (SSSR count). The van der Waals surface area contributed by atoms with Gasteiger partial charge in [0, 0.05) is 12.6 Å². The van der Waals surface area contributed by atoms with Crippen LogP contribution in [-0.4, -0.2) is 29.7 Å². The highest BCUT2D eigenvalue weighted by Crippen LogP contribution is 2.09. The Labute approximate surface area is 140 Å². The van der Waals surface area contributed by atoms with E-state index in [-0.39, 0.29) is 6.04 Å². The van der Waals surface area contributed by atoms with Crippen LogP contribution in [0.3, 0.4) is 0 Å². The predicted molar refractivity (Wildman–Crippen MR) is 95.5 cm³/mol. The van der Waals surface area contributed by atoms with E-state index in [4.69, 9.17) is 5.73 Å². The highest BCUT2D eigenvalue weighted by Gasteiger charge is 2.17. The molecule has 0 saturated carbocycles. The lowest BCUT2D eigenvalue weighted by Gasteiger charge is -2.18. The van der Waals surface area contributed by atoms with E-state index in [1.807, 2.05) is 30.3 Å². The monoisotopic (exact) mass is 320 g/mol. The third kappa shape index (κ3) is 9.36. The van der Waals surface area contributed by atoms with Crippen LogP contribution in [0.1, 0.15) is 57.4 Å². The fourth-order valence-electron chi connectivity index (χ4n) is 2.72. The number of aliphatic carboxylic acids is 1. The van der Waals surface area contributed by atoms with Crippen LogP contribution >= 0.6 is 0 Å². The number of carbonyl (C=O) groups is 1. The van der Waals surface area contributed by atoms with Crippen LogP contribution in [-0.2, 0) is 11.2 Å². The van der Waals surface area contributed by atoms with Crippen molar-refractivity contribution < 1.29 is 9.90 Å². The van der Waals surface area contributed by atoms with Gasteiger partial charge in [0.25, 0.3) is 0 Å². The summed E-state index contributed by atoms with van der Waals surface area (Å²) >= 11 is 0. The summed E-state index contributed by atoms with van der Waals surface area (Å²) in [6.45, 7) is 2.73. The summed E-state index contributed by atoms with van der Waals surface area (Å²) in [5.74, 6) is -0.773.